The molecule has 10 heteroatoms. The fourth-order valence-corrected chi connectivity index (χ4v) is 3.04. The van der Waals surface area contributed by atoms with Crippen LogP contribution >= 0.6 is 23.2 Å². The molecule has 1 N–H and O–H groups in total. The van der Waals surface area contributed by atoms with Crippen molar-refractivity contribution in [2.75, 3.05) is 0 Å². The third-order valence-corrected chi connectivity index (χ3v) is 4.27. The van der Waals surface area contributed by atoms with Crippen molar-refractivity contribution in [3.05, 3.63) is 51.3 Å². The number of carboxylic acids is 1. The van der Waals surface area contributed by atoms with Gasteiger partial charge in [0.1, 0.15) is 11.5 Å². The summed E-state index contributed by atoms with van der Waals surface area (Å²) in [6.45, 7) is 1.65. The SMILES string of the molecule is Cc1ncccc1Oc1c(Cl)cc(Cl)c2c1C=C(C(=O)O)C(C(F)(F)F)O2. The molecule has 0 saturated heterocycles. The highest BCUT2D eigenvalue weighted by Gasteiger charge is 2.49. The molecule has 1 atom stereocenters. The zero-order chi connectivity index (χ0) is 19.9. The number of alkyl halides is 3. The summed E-state index contributed by atoms with van der Waals surface area (Å²) in [4.78, 5) is 15.4. The number of aryl methyl sites for hydroxylation is 1. The third-order valence-electron chi connectivity index (χ3n) is 3.71. The number of carboxylic acid groups (broad SMARTS) is 1. The summed E-state index contributed by atoms with van der Waals surface area (Å²) in [5, 5.41) is 8.96. The molecule has 0 radical (unpaired) electrons. The number of rotatable bonds is 3. The maximum atomic E-state index is 13.2. The van der Waals surface area contributed by atoms with Gasteiger partial charge in [-0.25, -0.2) is 4.79 Å². The summed E-state index contributed by atoms with van der Waals surface area (Å²) in [6.07, 6.45) is -5.29. The number of benzene rings is 1. The van der Waals surface area contributed by atoms with Crippen molar-refractivity contribution in [2.24, 2.45) is 0 Å². The highest BCUT2D eigenvalue weighted by molar-refractivity contribution is 6.37. The third kappa shape index (κ3) is 3.68. The zero-order valence-electron chi connectivity index (χ0n) is 13.5. The first-order valence-electron chi connectivity index (χ1n) is 7.39. The van der Waals surface area contributed by atoms with Gasteiger partial charge in [0.25, 0.3) is 0 Å². The summed E-state index contributed by atoms with van der Waals surface area (Å²) >= 11 is 12.1. The van der Waals surface area contributed by atoms with Crippen LogP contribution in [0.2, 0.25) is 10.0 Å². The van der Waals surface area contributed by atoms with Gasteiger partial charge < -0.3 is 14.6 Å². The Kier molecular flexibility index (Phi) is 4.96. The molecule has 27 heavy (non-hydrogen) atoms. The van der Waals surface area contributed by atoms with E-state index >= 15 is 0 Å². The van der Waals surface area contributed by atoms with Crippen LogP contribution in [0, 0.1) is 6.92 Å². The summed E-state index contributed by atoms with van der Waals surface area (Å²) in [5.41, 5.74) is -0.626. The average Bonchev–Trinajstić information content (AvgIpc) is 2.58. The van der Waals surface area contributed by atoms with E-state index in [1.165, 1.54) is 6.20 Å². The van der Waals surface area contributed by atoms with Gasteiger partial charge in [-0.15, -0.1) is 0 Å². The van der Waals surface area contributed by atoms with E-state index in [1.54, 1.807) is 19.1 Å². The van der Waals surface area contributed by atoms with Crippen molar-refractivity contribution in [1.82, 2.24) is 4.98 Å². The molecular formula is C17H10Cl2F3NO4. The van der Waals surface area contributed by atoms with E-state index in [1.807, 2.05) is 0 Å². The van der Waals surface area contributed by atoms with Gasteiger partial charge >= 0.3 is 12.1 Å². The van der Waals surface area contributed by atoms with Gasteiger partial charge in [0.15, 0.2) is 5.75 Å². The molecular weight excluding hydrogens is 410 g/mol. The number of ether oxygens (including phenoxy) is 2. The van der Waals surface area contributed by atoms with Crippen molar-refractivity contribution in [1.29, 1.82) is 0 Å². The van der Waals surface area contributed by atoms with Crippen LogP contribution in [0.5, 0.6) is 17.2 Å². The van der Waals surface area contributed by atoms with Gasteiger partial charge in [0, 0.05) is 6.20 Å². The lowest BCUT2D eigenvalue weighted by atomic mass is 10.0. The first-order chi connectivity index (χ1) is 12.6. The predicted molar refractivity (Wildman–Crippen MR) is 91.6 cm³/mol. The predicted octanol–water partition coefficient (Wildman–Crippen LogP) is 5.28. The largest absolute Gasteiger partial charge is 0.478 e. The van der Waals surface area contributed by atoms with Crippen molar-refractivity contribution in [3.8, 4) is 17.2 Å². The molecule has 3 rings (SSSR count). The average molecular weight is 420 g/mol. The minimum absolute atomic E-state index is 0.0305. The smallest absolute Gasteiger partial charge is 0.430 e. The Labute approximate surface area is 160 Å². The molecule has 1 aliphatic rings. The Morgan fingerprint density at radius 1 is 1.33 bits per heavy atom. The van der Waals surface area contributed by atoms with E-state index in [0.717, 1.165) is 12.1 Å². The molecule has 142 valence electrons. The van der Waals surface area contributed by atoms with Gasteiger partial charge in [0.05, 0.1) is 26.9 Å². The molecule has 1 unspecified atom stereocenters. The molecule has 1 aliphatic heterocycles. The Balaban J connectivity index is 2.19. The molecule has 1 aromatic heterocycles. The first kappa shape index (κ1) is 19.3. The number of nitrogens with zero attached hydrogens (tertiary/aromatic N) is 1. The number of pyridine rings is 1. The molecule has 0 bridgehead atoms. The standard InChI is InChI=1S/C17H10Cl2F3NO4/c1-7-12(3-2-4-23-7)26-13-8-5-9(16(24)25)15(17(20,21)22)27-14(8)11(19)6-10(13)18/h2-6,15H,1H3,(H,24,25). The Morgan fingerprint density at radius 3 is 2.63 bits per heavy atom. The van der Waals surface area contributed by atoms with Gasteiger partial charge in [-0.2, -0.15) is 13.2 Å². The number of aliphatic carboxylic acids is 1. The normalized spacial score (nSPS) is 16.2. The second kappa shape index (κ2) is 6.94. The van der Waals surface area contributed by atoms with Crippen molar-refractivity contribution < 1.29 is 32.5 Å². The number of aromatic nitrogens is 1. The maximum absolute atomic E-state index is 13.2. The van der Waals surface area contributed by atoms with E-state index in [9.17, 15) is 23.1 Å². The van der Waals surface area contributed by atoms with Crippen LogP contribution in [0.3, 0.4) is 0 Å². The van der Waals surface area contributed by atoms with Crippen LogP contribution in [0.1, 0.15) is 11.3 Å². The molecule has 0 amide bonds. The second-order valence-corrected chi connectivity index (χ2v) is 6.36. The molecule has 0 aliphatic carbocycles. The van der Waals surface area contributed by atoms with Crippen LogP contribution in [0.4, 0.5) is 13.2 Å². The van der Waals surface area contributed by atoms with Crippen LogP contribution in [-0.2, 0) is 4.79 Å². The van der Waals surface area contributed by atoms with Crippen LogP contribution < -0.4 is 9.47 Å². The van der Waals surface area contributed by atoms with Crippen molar-refractivity contribution in [2.45, 2.75) is 19.2 Å². The fraction of sp³-hybridized carbons (Fsp3) is 0.176. The quantitative estimate of drug-likeness (QED) is 0.732. The molecule has 0 spiro atoms. The summed E-state index contributed by atoms with van der Waals surface area (Å²) in [6, 6.07) is 4.33. The maximum Gasteiger partial charge on any atom is 0.430 e. The first-order valence-corrected chi connectivity index (χ1v) is 8.15. The highest BCUT2D eigenvalue weighted by atomic mass is 35.5. The molecule has 2 aromatic rings. The second-order valence-electron chi connectivity index (χ2n) is 5.55. The molecule has 0 saturated carbocycles. The summed E-state index contributed by atoms with van der Waals surface area (Å²) in [5.74, 6) is -1.97. The number of fused-ring (bicyclic) bond motifs is 1. The Morgan fingerprint density at radius 2 is 2.04 bits per heavy atom. The minimum Gasteiger partial charge on any atom is -0.478 e. The van der Waals surface area contributed by atoms with E-state index < -0.39 is 23.8 Å². The molecule has 5 nitrogen and oxygen atoms in total. The van der Waals surface area contributed by atoms with Crippen LogP contribution in [0.15, 0.2) is 30.0 Å². The summed E-state index contributed by atoms with van der Waals surface area (Å²) < 4.78 is 50.3. The van der Waals surface area contributed by atoms with Gasteiger partial charge in [0.2, 0.25) is 6.10 Å². The van der Waals surface area contributed by atoms with Gasteiger partial charge in [-0.1, -0.05) is 23.2 Å². The Bertz CT molecular complexity index is 960. The molecule has 1 aromatic carbocycles. The minimum atomic E-state index is -4.95. The van der Waals surface area contributed by atoms with Gasteiger partial charge in [-0.3, -0.25) is 4.98 Å². The lowest BCUT2D eigenvalue weighted by molar-refractivity contribution is -0.187. The van der Waals surface area contributed by atoms with Crippen molar-refractivity contribution in [3.63, 3.8) is 0 Å². The topological polar surface area (TPSA) is 68.7 Å². The molecule has 2 heterocycles. The molecule has 0 fully saturated rings. The van der Waals surface area contributed by atoms with Crippen LogP contribution in [-0.4, -0.2) is 28.3 Å². The highest BCUT2D eigenvalue weighted by Crippen LogP contribution is 2.48. The van der Waals surface area contributed by atoms with E-state index in [4.69, 9.17) is 32.7 Å². The van der Waals surface area contributed by atoms with E-state index in [0.29, 0.717) is 5.69 Å². The number of halogens is 5. The van der Waals surface area contributed by atoms with E-state index in [-0.39, 0.29) is 32.9 Å². The van der Waals surface area contributed by atoms with Crippen LogP contribution in [0.25, 0.3) is 6.08 Å². The number of hydrogen-bond donors (Lipinski definition) is 1. The number of hydrogen-bond acceptors (Lipinski definition) is 4. The Hall–Kier alpha value is -2.45. The lowest BCUT2D eigenvalue weighted by Crippen LogP contribution is -2.40. The lowest BCUT2D eigenvalue weighted by Gasteiger charge is -2.28. The monoisotopic (exact) mass is 419 g/mol. The van der Waals surface area contributed by atoms with Gasteiger partial charge in [-0.05, 0) is 31.2 Å². The number of carbonyl (C=O) groups is 1. The van der Waals surface area contributed by atoms with Crippen molar-refractivity contribution >= 4 is 35.2 Å². The summed E-state index contributed by atoms with van der Waals surface area (Å²) in [7, 11) is 0. The zero-order valence-corrected chi connectivity index (χ0v) is 15.0. The van der Waals surface area contributed by atoms with E-state index in [2.05, 4.69) is 4.98 Å². The fourth-order valence-electron chi connectivity index (χ4n) is 2.47.